The van der Waals surface area contributed by atoms with Crippen molar-refractivity contribution in [3.8, 4) is 5.88 Å². The van der Waals surface area contributed by atoms with Crippen LogP contribution in [-0.4, -0.2) is 66.9 Å². The number of carbonyl (C=O) groups excluding carboxylic acids is 2. The second kappa shape index (κ2) is 8.63. The van der Waals surface area contributed by atoms with Crippen molar-refractivity contribution < 1.29 is 14.3 Å². The second-order valence-corrected chi connectivity index (χ2v) is 6.16. The summed E-state index contributed by atoms with van der Waals surface area (Å²) >= 11 is 0. The first-order chi connectivity index (χ1) is 11.5. The Morgan fingerprint density at radius 2 is 2.29 bits per heavy atom. The van der Waals surface area contributed by atoms with Crippen LogP contribution in [0, 0.1) is 5.92 Å². The lowest BCUT2D eigenvalue weighted by Gasteiger charge is -2.19. The number of nitrogens with zero attached hydrogens (tertiary/aromatic N) is 3. The van der Waals surface area contributed by atoms with Crippen molar-refractivity contribution in [2.75, 3.05) is 40.3 Å². The molecule has 1 aliphatic rings. The van der Waals surface area contributed by atoms with Gasteiger partial charge in [-0.25, -0.2) is 4.98 Å². The average molecular weight is 334 g/mol. The van der Waals surface area contributed by atoms with Crippen LogP contribution in [0.25, 0.3) is 0 Å². The summed E-state index contributed by atoms with van der Waals surface area (Å²) in [5, 5.41) is 2.90. The van der Waals surface area contributed by atoms with Crippen LogP contribution in [0.2, 0.25) is 0 Å². The molecular formula is C17H26N4O3. The lowest BCUT2D eigenvalue weighted by Crippen LogP contribution is -2.35. The van der Waals surface area contributed by atoms with Crippen molar-refractivity contribution in [2.45, 2.75) is 19.9 Å². The number of aromatic nitrogens is 1. The van der Waals surface area contributed by atoms with Crippen molar-refractivity contribution in [3.63, 3.8) is 0 Å². The molecule has 1 atom stereocenters. The number of hydrogen-bond acceptors (Lipinski definition) is 5. The van der Waals surface area contributed by atoms with Gasteiger partial charge >= 0.3 is 0 Å². The molecule has 0 saturated carbocycles. The predicted molar refractivity (Wildman–Crippen MR) is 90.5 cm³/mol. The Bertz CT molecular complexity index is 577. The molecule has 0 radical (unpaired) electrons. The third kappa shape index (κ3) is 4.92. The van der Waals surface area contributed by atoms with Gasteiger partial charge in [-0.05, 0) is 27.1 Å². The zero-order valence-corrected chi connectivity index (χ0v) is 14.6. The Kier molecular flexibility index (Phi) is 6.54. The molecule has 24 heavy (non-hydrogen) atoms. The van der Waals surface area contributed by atoms with Gasteiger partial charge in [-0.3, -0.25) is 9.59 Å². The molecule has 0 aliphatic carbocycles. The minimum absolute atomic E-state index is 0.0494. The van der Waals surface area contributed by atoms with E-state index in [4.69, 9.17) is 4.74 Å². The summed E-state index contributed by atoms with van der Waals surface area (Å²) in [6.07, 6.45) is 1.94. The van der Waals surface area contributed by atoms with Gasteiger partial charge in [0.2, 0.25) is 17.7 Å². The van der Waals surface area contributed by atoms with E-state index in [1.54, 1.807) is 11.1 Å². The summed E-state index contributed by atoms with van der Waals surface area (Å²) in [6, 6.07) is 3.69. The molecule has 0 bridgehead atoms. The summed E-state index contributed by atoms with van der Waals surface area (Å²) in [4.78, 5) is 32.3. The molecule has 1 fully saturated rings. The van der Waals surface area contributed by atoms with Crippen LogP contribution >= 0.6 is 0 Å². The topological polar surface area (TPSA) is 74.8 Å². The summed E-state index contributed by atoms with van der Waals surface area (Å²) in [6.45, 7) is 4.72. The van der Waals surface area contributed by atoms with Crippen molar-refractivity contribution in [1.82, 2.24) is 20.1 Å². The first-order valence-corrected chi connectivity index (χ1v) is 8.28. The minimum atomic E-state index is -0.285. The highest BCUT2D eigenvalue weighted by atomic mass is 16.5. The van der Waals surface area contributed by atoms with E-state index in [2.05, 4.69) is 10.3 Å². The number of pyridine rings is 1. The SMILES string of the molecule is CCOc1ncccc1CNC(=O)C1CC(=O)N(CCN(C)C)C1. The maximum Gasteiger partial charge on any atom is 0.225 e. The zero-order chi connectivity index (χ0) is 17.5. The van der Waals surface area contributed by atoms with Gasteiger partial charge in [0.25, 0.3) is 0 Å². The molecular weight excluding hydrogens is 308 g/mol. The van der Waals surface area contributed by atoms with Gasteiger partial charge in [0.05, 0.1) is 12.5 Å². The van der Waals surface area contributed by atoms with Gasteiger partial charge in [0.1, 0.15) is 0 Å². The normalized spacial score (nSPS) is 17.4. The molecule has 1 saturated heterocycles. The highest BCUT2D eigenvalue weighted by molar-refractivity contribution is 5.89. The highest BCUT2D eigenvalue weighted by Crippen LogP contribution is 2.19. The zero-order valence-electron chi connectivity index (χ0n) is 14.6. The third-order valence-corrected chi connectivity index (χ3v) is 3.99. The van der Waals surface area contributed by atoms with Gasteiger partial charge in [-0.15, -0.1) is 0 Å². The third-order valence-electron chi connectivity index (χ3n) is 3.99. The standard InChI is InChI=1S/C17H26N4O3/c1-4-24-17-13(6-5-7-18-17)11-19-16(23)14-10-15(22)21(12-14)9-8-20(2)3/h5-7,14H,4,8-12H2,1-3H3,(H,19,23). The van der Waals surface area contributed by atoms with E-state index in [0.717, 1.165) is 12.1 Å². The quantitative estimate of drug-likeness (QED) is 0.750. The van der Waals surface area contributed by atoms with Crippen molar-refractivity contribution in [2.24, 2.45) is 5.92 Å². The Balaban J connectivity index is 1.86. The van der Waals surface area contributed by atoms with E-state index < -0.39 is 0 Å². The maximum atomic E-state index is 12.4. The second-order valence-electron chi connectivity index (χ2n) is 6.16. The van der Waals surface area contributed by atoms with Gasteiger partial charge in [-0.2, -0.15) is 0 Å². The summed E-state index contributed by atoms with van der Waals surface area (Å²) in [7, 11) is 3.93. The largest absolute Gasteiger partial charge is 0.478 e. The van der Waals surface area contributed by atoms with Crippen molar-refractivity contribution in [1.29, 1.82) is 0 Å². The van der Waals surface area contributed by atoms with E-state index in [1.165, 1.54) is 0 Å². The molecule has 2 heterocycles. The molecule has 7 heteroatoms. The molecule has 0 aromatic carbocycles. The number of likely N-dealkylation sites (N-methyl/N-ethyl adjacent to an activating group) is 1. The molecule has 2 amide bonds. The Labute approximate surface area is 143 Å². The van der Waals surface area contributed by atoms with E-state index in [0.29, 0.717) is 32.1 Å². The van der Waals surface area contributed by atoms with Crippen LogP contribution in [0.1, 0.15) is 18.9 Å². The number of hydrogen-bond donors (Lipinski definition) is 1. The number of carbonyl (C=O) groups is 2. The molecule has 1 N–H and O–H groups in total. The summed E-state index contributed by atoms with van der Waals surface area (Å²) in [5.41, 5.74) is 0.835. The van der Waals surface area contributed by atoms with Crippen LogP contribution in [-0.2, 0) is 16.1 Å². The Hall–Kier alpha value is -2.15. The maximum absolute atomic E-state index is 12.4. The van der Waals surface area contributed by atoms with Crippen LogP contribution in [0.3, 0.4) is 0 Å². The Morgan fingerprint density at radius 1 is 1.50 bits per heavy atom. The molecule has 0 spiro atoms. The molecule has 1 unspecified atom stereocenters. The monoisotopic (exact) mass is 334 g/mol. The molecule has 1 aromatic heterocycles. The fourth-order valence-corrected chi connectivity index (χ4v) is 2.64. The lowest BCUT2D eigenvalue weighted by molar-refractivity contribution is -0.129. The van der Waals surface area contributed by atoms with Crippen LogP contribution in [0.15, 0.2) is 18.3 Å². The van der Waals surface area contributed by atoms with Gasteiger partial charge in [0.15, 0.2) is 0 Å². The van der Waals surface area contributed by atoms with Crippen LogP contribution in [0.4, 0.5) is 0 Å². The van der Waals surface area contributed by atoms with Crippen LogP contribution < -0.4 is 10.1 Å². The van der Waals surface area contributed by atoms with E-state index in [9.17, 15) is 9.59 Å². The van der Waals surface area contributed by atoms with Gasteiger partial charge < -0.3 is 19.9 Å². The Morgan fingerprint density at radius 3 is 3.00 bits per heavy atom. The van der Waals surface area contributed by atoms with E-state index >= 15 is 0 Å². The summed E-state index contributed by atoms with van der Waals surface area (Å²) < 4.78 is 5.45. The smallest absolute Gasteiger partial charge is 0.225 e. The first-order valence-electron chi connectivity index (χ1n) is 8.28. The fourth-order valence-electron chi connectivity index (χ4n) is 2.64. The van der Waals surface area contributed by atoms with Gasteiger partial charge in [-0.1, -0.05) is 6.07 Å². The van der Waals surface area contributed by atoms with Crippen LogP contribution in [0.5, 0.6) is 5.88 Å². The number of amides is 2. The number of nitrogens with one attached hydrogen (secondary N) is 1. The molecule has 1 aliphatic heterocycles. The summed E-state index contributed by atoms with van der Waals surface area (Å²) in [5.74, 6) is 0.206. The van der Waals surface area contributed by atoms with E-state index in [1.807, 2.05) is 38.1 Å². The minimum Gasteiger partial charge on any atom is -0.478 e. The number of rotatable bonds is 8. The fraction of sp³-hybridized carbons (Fsp3) is 0.588. The molecule has 1 aromatic rings. The molecule has 2 rings (SSSR count). The lowest BCUT2D eigenvalue weighted by atomic mass is 10.1. The molecule has 132 valence electrons. The van der Waals surface area contributed by atoms with E-state index in [-0.39, 0.29) is 24.2 Å². The number of likely N-dealkylation sites (tertiary alicyclic amines) is 1. The van der Waals surface area contributed by atoms with Gasteiger partial charge in [0, 0.05) is 44.4 Å². The first kappa shape index (κ1) is 18.2. The molecule has 7 nitrogen and oxygen atoms in total. The number of ether oxygens (including phenoxy) is 1. The highest BCUT2D eigenvalue weighted by Gasteiger charge is 2.33. The predicted octanol–water partition coefficient (Wildman–Crippen LogP) is 0.507. The average Bonchev–Trinajstić information content (AvgIpc) is 2.93. The van der Waals surface area contributed by atoms with Crippen molar-refractivity contribution in [3.05, 3.63) is 23.9 Å². The van der Waals surface area contributed by atoms with Crippen molar-refractivity contribution >= 4 is 11.8 Å².